The monoisotopic (exact) mass is 414 g/mol. The molecule has 1 saturated heterocycles. The first-order valence-electron chi connectivity index (χ1n) is 8.90. The number of rotatable bonds is 7. The minimum atomic E-state index is -3.36. The summed E-state index contributed by atoms with van der Waals surface area (Å²) in [5, 5.41) is 2.71. The summed E-state index contributed by atoms with van der Waals surface area (Å²) in [4.78, 5) is 24.9. The predicted octanol–water partition coefficient (Wildman–Crippen LogP) is 1.49. The van der Waals surface area contributed by atoms with Gasteiger partial charge < -0.3 is 19.5 Å². The number of nitrogens with zero attached hydrogens (tertiary/aromatic N) is 1. The van der Waals surface area contributed by atoms with Crippen molar-refractivity contribution in [1.29, 1.82) is 0 Å². The molecule has 9 nitrogen and oxygen atoms in total. The Morgan fingerprint density at radius 2 is 1.82 bits per heavy atom. The van der Waals surface area contributed by atoms with Gasteiger partial charge in [-0.1, -0.05) is 0 Å². The number of hydrogen-bond acceptors (Lipinski definition) is 7. The second-order valence-electron chi connectivity index (χ2n) is 6.33. The van der Waals surface area contributed by atoms with Gasteiger partial charge in [-0.3, -0.25) is 4.79 Å². The van der Waals surface area contributed by atoms with Crippen LogP contribution in [-0.4, -0.2) is 64.8 Å². The molecular formula is C18H26N2O7S. The van der Waals surface area contributed by atoms with Gasteiger partial charge in [0.2, 0.25) is 15.9 Å². The van der Waals surface area contributed by atoms with Crippen LogP contribution in [0.1, 0.15) is 30.1 Å². The molecule has 0 aliphatic carbocycles. The molecule has 1 N–H and O–H groups in total. The second kappa shape index (κ2) is 9.24. The summed E-state index contributed by atoms with van der Waals surface area (Å²) in [5.74, 6) is -0.885. The largest absolute Gasteiger partial charge is 0.493 e. The van der Waals surface area contributed by atoms with Gasteiger partial charge in [-0.25, -0.2) is 17.5 Å². The van der Waals surface area contributed by atoms with Crippen LogP contribution in [0.15, 0.2) is 12.1 Å². The Bertz CT molecular complexity index is 839. The summed E-state index contributed by atoms with van der Waals surface area (Å²) in [6.07, 6.45) is 1.15. The molecule has 1 atom stereocenters. The fourth-order valence-electron chi connectivity index (χ4n) is 3.09. The van der Waals surface area contributed by atoms with Crippen LogP contribution >= 0.6 is 0 Å². The molecule has 1 aliphatic heterocycles. The van der Waals surface area contributed by atoms with Crippen LogP contribution in [0.5, 0.6) is 11.5 Å². The number of sulfonamides is 1. The maximum absolute atomic E-state index is 12.8. The van der Waals surface area contributed by atoms with Crippen molar-refractivity contribution in [3.8, 4) is 11.5 Å². The Balaban J connectivity index is 2.28. The molecule has 1 aromatic rings. The Morgan fingerprint density at radius 1 is 1.18 bits per heavy atom. The lowest BCUT2D eigenvalue weighted by Gasteiger charge is -2.31. The van der Waals surface area contributed by atoms with Crippen molar-refractivity contribution in [3.63, 3.8) is 0 Å². The van der Waals surface area contributed by atoms with E-state index < -0.39 is 21.9 Å². The van der Waals surface area contributed by atoms with E-state index in [4.69, 9.17) is 14.2 Å². The van der Waals surface area contributed by atoms with E-state index in [1.807, 2.05) is 0 Å². The molecule has 10 heteroatoms. The van der Waals surface area contributed by atoms with Crippen LogP contribution in [-0.2, 0) is 19.6 Å². The number of anilines is 1. The van der Waals surface area contributed by atoms with Gasteiger partial charge in [-0.2, -0.15) is 0 Å². The zero-order valence-corrected chi connectivity index (χ0v) is 17.3. The quantitative estimate of drug-likeness (QED) is 0.673. The summed E-state index contributed by atoms with van der Waals surface area (Å²) >= 11 is 0. The van der Waals surface area contributed by atoms with Gasteiger partial charge >= 0.3 is 5.97 Å². The van der Waals surface area contributed by atoms with Crippen LogP contribution in [0.3, 0.4) is 0 Å². The fraction of sp³-hybridized carbons (Fsp3) is 0.556. The van der Waals surface area contributed by atoms with Gasteiger partial charge in [-0.15, -0.1) is 0 Å². The highest BCUT2D eigenvalue weighted by atomic mass is 32.2. The highest BCUT2D eigenvalue weighted by Gasteiger charge is 2.32. The third-order valence-electron chi connectivity index (χ3n) is 4.70. The Kier molecular flexibility index (Phi) is 7.25. The molecule has 0 aromatic heterocycles. The van der Waals surface area contributed by atoms with E-state index in [0.29, 0.717) is 30.9 Å². The zero-order valence-electron chi connectivity index (χ0n) is 16.5. The van der Waals surface area contributed by atoms with Crippen LogP contribution in [0.25, 0.3) is 0 Å². The van der Waals surface area contributed by atoms with Crippen molar-refractivity contribution in [2.75, 3.05) is 45.5 Å². The highest BCUT2D eigenvalue weighted by Crippen LogP contribution is 2.34. The first-order valence-corrected chi connectivity index (χ1v) is 10.5. The maximum atomic E-state index is 12.8. The number of amides is 1. The van der Waals surface area contributed by atoms with E-state index in [-0.39, 0.29) is 29.5 Å². The van der Waals surface area contributed by atoms with Crippen LogP contribution < -0.4 is 14.8 Å². The molecule has 2 rings (SSSR count). The van der Waals surface area contributed by atoms with Crippen LogP contribution in [0, 0.1) is 5.92 Å². The molecule has 1 aliphatic rings. The van der Waals surface area contributed by atoms with Gasteiger partial charge in [0, 0.05) is 25.2 Å². The standard InChI is InChI=1S/C18H26N2O7S/c1-5-28(23,24)20-8-6-7-12(11-20)17(21)19-14-10-16(26-3)15(25-2)9-13(14)18(22)27-4/h9-10,12H,5-8,11H2,1-4H3,(H,19,21)/t12-/m1/s1. The van der Waals surface area contributed by atoms with Crippen molar-refractivity contribution < 1.29 is 32.2 Å². The van der Waals surface area contributed by atoms with E-state index in [1.165, 1.54) is 37.8 Å². The van der Waals surface area contributed by atoms with Gasteiger partial charge in [0.05, 0.1) is 44.3 Å². The van der Waals surface area contributed by atoms with E-state index in [0.717, 1.165) is 0 Å². The number of esters is 1. The van der Waals surface area contributed by atoms with Crippen molar-refractivity contribution in [2.45, 2.75) is 19.8 Å². The van der Waals surface area contributed by atoms with E-state index >= 15 is 0 Å². The summed E-state index contributed by atoms with van der Waals surface area (Å²) < 4.78 is 40.8. The number of benzene rings is 1. The molecule has 0 spiro atoms. The van der Waals surface area contributed by atoms with E-state index in [2.05, 4.69) is 5.32 Å². The third kappa shape index (κ3) is 4.74. The van der Waals surface area contributed by atoms with E-state index in [1.54, 1.807) is 6.92 Å². The first kappa shape index (κ1) is 22.0. The van der Waals surface area contributed by atoms with Crippen molar-refractivity contribution in [1.82, 2.24) is 4.31 Å². The topological polar surface area (TPSA) is 111 Å². The SMILES string of the molecule is CCS(=O)(=O)N1CCC[C@@H](C(=O)Nc2cc(OC)c(OC)cc2C(=O)OC)C1. The maximum Gasteiger partial charge on any atom is 0.340 e. The lowest BCUT2D eigenvalue weighted by molar-refractivity contribution is -0.120. The smallest absolute Gasteiger partial charge is 0.340 e. The van der Waals surface area contributed by atoms with E-state index in [9.17, 15) is 18.0 Å². The molecule has 1 heterocycles. The first-order chi connectivity index (χ1) is 13.3. The molecule has 0 unspecified atom stereocenters. The molecule has 0 radical (unpaired) electrons. The fourth-order valence-corrected chi connectivity index (χ4v) is 4.27. The second-order valence-corrected chi connectivity index (χ2v) is 8.59. The van der Waals surface area contributed by atoms with Crippen LogP contribution in [0.2, 0.25) is 0 Å². The van der Waals surface area contributed by atoms with Crippen LogP contribution in [0.4, 0.5) is 5.69 Å². The lowest BCUT2D eigenvalue weighted by Crippen LogP contribution is -2.44. The normalized spacial score (nSPS) is 17.6. The predicted molar refractivity (Wildman–Crippen MR) is 103 cm³/mol. The van der Waals surface area contributed by atoms with Crippen molar-refractivity contribution in [2.24, 2.45) is 5.92 Å². The number of carbonyl (C=O) groups is 2. The van der Waals surface area contributed by atoms with Gasteiger partial charge in [0.25, 0.3) is 0 Å². The zero-order chi connectivity index (χ0) is 20.9. The summed E-state index contributed by atoms with van der Waals surface area (Å²) in [6.45, 7) is 2.10. The number of ether oxygens (including phenoxy) is 3. The molecule has 0 bridgehead atoms. The van der Waals surface area contributed by atoms with Gasteiger partial charge in [0.1, 0.15) is 0 Å². The average Bonchev–Trinajstić information content (AvgIpc) is 2.72. The Hall–Kier alpha value is -2.33. The number of piperidine rings is 1. The Morgan fingerprint density at radius 3 is 2.39 bits per heavy atom. The number of nitrogens with one attached hydrogen (secondary N) is 1. The van der Waals surface area contributed by atoms with Gasteiger partial charge in [0.15, 0.2) is 11.5 Å². The molecule has 0 saturated carbocycles. The Labute approximate surface area is 165 Å². The average molecular weight is 414 g/mol. The number of carbonyl (C=O) groups excluding carboxylic acids is 2. The van der Waals surface area contributed by atoms with Crippen molar-refractivity contribution in [3.05, 3.63) is 17.7 Å². The number of hydrogen-bond donors (Lipinski definition) is 1. The van der Waals surface area contributed by atoms with Crippen molar-refractivity contribution >= 4 is 27.6 Å². The summed E-state index contributed by atoms with van der Waals surface area (Å²) in [7, 11) is 0.745. The number of methoxy groups -OCH3 is 3. The summed E-state index contributed by atoms with van der Waals surface area (Å²) in [5.41, 5.74) is 0.326. The molecule has 28 heavy (non-hydrogen) atoms. The molecule has 1 aromatic carbocycles. The minimum absolute atomic E-state index is 0.0104. The molecule has 1 fully saturated rings. The highest BCUT2D eigenvalue weighted by molar-refractivity contribution is 7.89. The molecular weight excluding hydrogens is 388 g/mol. The van der Waals surface area contributed by atoms with Gasteiger partial charge in [-0.05, 0) is 19.8 Å². The third-order valence-corrected chi connectivity index (χ3v) is 6.55. The molecule has 156 valence electrons. The summed E-state index contributed by atoms with van der Waals surface area (Å²) in [6, 6.07) is 2.90. The molecule has 1 amide bonds. The minimum Gasteiger partial charge on any atom is -0.493 e. The lowest BCUT2D eigenvalue weighted by atomic mass is 9.98.